The predicted molar refractivity (Wildman–Crippen MR) is 74.5 cm³/mol. The minimum Gasteiger partial charge on any atom is -0.463 e. The molecule has 2 rings (SSSR count). The Balaban J connectivity index is 2.11. The SMILES string of the molecule is CCOC(=O)/C(C)=C/[C@@H]1CC[C@@H](C)[C@H]2CC[C@H](O)[C@@H]21. The normalized spacial score (nSPS) is 38.9. The lowest BCUT2D eigenvalue weighted by Crippen LogP contribution is -2.34. The first-order chi connectivity index (χ1) is 9.04. The highest BCUT2D eigenvalue weighted by atomic mass is 16.5. The van der Waals surface area contributed by atoms with E-state index >= 15 is 0 Å². The molecule has 1 N–H and O–H groups in total. The van der Waals surface area contributed by atoms with Crippen molar-refractivity contribution in [2.24, 2.45) is 23.7 Å². The summed E-state index contributed by atoms with van der Waals surface area (Å²) in [6.07, 6.45) is 6.19. The molecular formula is C16H26O3. The molecule has 0 unspecified atom stereocenters. The van der Waals surface area contributed by atoms with Crippen molar-refractivity contribution in [3.05, 3.63) is 11.6 Å². The van der Waals surface area contributed by atoms with Crippen LogP contribution in [0.4, 0.5) is 0 Å². The Hall–Kier alpha value is -0.830. The van der Waals surface area contributed by atoms with Crippen LogP contribution in [0.25, 0.3) is 0 Å². The molecule has 0 aromatic carbocycles. The van der Waals surface area contributed by atoms with Crippen molar-refractivity contribution in [2.45, 2.75) is 52.6 Å². The number of ether oxygens (including phenoxy) is 1. The topological polar surface area (TPSA) is 46.5 Å². The summed E-state index contributed by atoms with van der Waals surface area (Å²) in [6.45, 7) is 6.37. The quantitative estimate of drug-likeness (QED) is 0.631. The van der Waals surface area contributed by atoms with E-state index in [1.54, 1.807) is 0 Å². The van der Waals surface area contributed by atoms with Crippen molar-refractivity contribution in [1.82, 2.24) is 0 Å². The van der Waals surface area contributed by atoms with Gasteiger partial charge in [0.25, 0.3) is 0 Å². The average Bonchev–Trinajstić information content (AvgIpc) is 2.76. The van der Waals surface area contributed by atoms with Crippen molar-refractivity contribution in [3.8, 4) is 0 Å². The molecule has 2 aliphatic carbocycles. The zero-order chi connectivity index (χ0) is 14.0. The minimum absolute atomic E-state index is 0.191. The van der Waals surface area contributed by atoms with Gasteiger partial charge in [-0.3, -0.25) is 0 Å². The monoisotopic (exact) mass is 266 g/mol. The fourth-order valence-electron chi connectivity index (χ4n) is 3.99. The van der Waals surface area contributed by atoms with E-state index in [1.807, 2.05) is 13.8 Å². The Bertz CT molecular complexity index is 361. The summed E-state index contributed by atoms with van der Waals surface area (Å²) in [7, 11) is 0. The molecule has 2 aliphatic rings. The molecule has 3 nitrogen and oxygen atoms in total. The van der Waals surface area contributed by atoms with Gasteiger partial charge in [0, 0.05) is 5.57 Å². The Morgan fingerprint density at radius 1 is 1.32 bits per heavy atom. The van der Waals surface area contributed by atoms with Crippen LogP contribution in [0.5, 0.6) is 0 Å². The summed E-state index contributed by atoms with van der Waals surface area (Å²) >= 11 is 0. The van der Waals surface area contributed by atoms with E-state index < -0.39 is 0 Å². The lowest BCUT2D eigenvalue weighted by atomic mass is 9.68. The number of hydrogen-bond donors (Lipinski definition) is 1. The average molecular weight is 266 g/mol. The molecule has 0 saturated heterocycles. The zero-order valence-corrected chi connectivity index (χ0v) is 12.3. The maximum absolute atomic E-state index is 11.7. The van der Waals surface area contributed by atoms with Gasteiger partial charge in [-0.05, 0) is 63.2 Å². The van der Waals surface area contributed by atoms with Gasteiger partial charge in [0.2, 0.25) is 0 Å². The van der Waals surface area contributed by atoms with Crippen LogP contribution in [0.2, 0.25) is 0 Å². The van der Waals surface area contributed by atoms with Gasteiger partial charge in [-0.15, -0.1) is 0 Å². The molecular weight excluding hydrogens is 240 g/mol. The molecule has 0 heterocycles. The fourth-order valence-corrected chi connectivity index (χ4v) is 3.99. The minimum atomic E-state index is -0.217. The third-order valence-corrected chi connectivity index (χ3v) is 4.98. The number of allylic oxidation sites excluding steroid dienone is 1. The maximum atomic E-state index is 11.7. The van der Waals surface area contributed by atoms with Gasteiger partial charge < -0.3 is 9.84 Å². The third-order valence-electron chi connectivity index (χ3n) is 4.98. The molecule has 108 valence electrons. The molecule has 3 heteroatoms. The largest absolute Gasteiger partial charge is 0.463 e. The Labute approximate surface area is 116 Å². The van der Waals surface area contributed by atoms with Crippen molar-refractivity contribution in [1.29, 1.82) is 0 Å². The van der Waals surface area contributed by atoms with E-state index in [0.29, 0.717) is 35.9 Å². The van der Waals surface area contributed by atoms with Crippen LogP contribution < -0.4 is 0 Å². The van der Waals surface area contributed by atoms with Gasteiger partial charge in [-0.25, -0.2) is 4.79 Å². The molecule has 0 bridgehead atoms. The maximum Gasteiger partial charge on any atom is 0.333 e. The second-order valence-electron chi connectivity index (χ2n) is 6.17. The molecule has 0 amide bonds. The fraction of sp³-hybridized carbons (Fsp3) is 0.812. The number of hydrogen-bond acceptors (Lipinski definition) is 3. The summed E-state index contributed by atoms with van der Waals surface area (Å²) in [5, 5.41) is 10.2. The number of carbonyl (C=O) groups is 1. The molecule has 0 aliphatic heterocycles. The summed E-state index contributed by atoms with van der Waals surface area (Å²) in [6, 6.07) is 0. The van der Waals surface area contributed by atoms with E-state index in [4.69, 9.17) is 4.74 Å². The van der Waals surface area contributed by atoms with Gasteiger partial charge in [-0.2, -0.15) is 0 Å². The number of carbonyl (C=O) groups excluding carboxylic acids is 1. The number of aliphatic hydroxyl groups is 1. The molecule has 0 radical (unpaired) electrons. The Morgan fingerprint density at radius 2 is 2.05 bits per heavy atom. The van der Waals surface area contributed by atoms with Crippen LogP contribution in [0.1, 0.15) is 46.5 Å². The number of esters is 1. The smallest absolute Gasteiger partial charge is 0.333 e. The van der Waals surface area contributed by atoms with Crippen LogP contribution >= 0.6 is 0 Å². The first-order valence-electron chi connectivity index (χ1n) is 7.58. The highest BCUT2D eigenvalue weighted by Crippen LogP contribution is 2.49. The second kappa shape index (κ2) is 6.08. The van der Waals surface area contributed by atoms with Crippen molar-refractivity contribution < 1.29 is 14.6 Å². The van der Waals surface area contributed by atoms with Gasteiger partial charge >= 0.3 is 5.97 Å². The number of rotatable bonds is 3. The van der Waals surface area contributed by atoms with E-state index in [9.17, 15) is 9.90 Å². The van der Waals surface area contributed by atoms with Crippen LogP contribution in [-0.2, 0) is 9.53 Å². The van der Waals surface area contributed by atoms with Gasteiger partial charge in [0.1, 0.15) is 0 Å². The van der Waals surface area contributed by atoms with Gasteiger partial charge in [-0.1, -0.05) is 13.0 Å². The summed E-state index contributed by atoms with van der Waals surface area (Å²) in [5.74, 6) is 1.79. The first-order valence-corrected chi connectivity index (χ1v) is 7.58. The Morgan fingerprint density at radius 3 is 2.74 bits per heavy atom. The molecule has 0 aromatic rings. The third kappa shape index (κ3) is 3.02. The summed E-state index contributed by atoms with van der Waals surface area (Å²) < 4.78 is 5.03. The van der Waals surface area contributed by atoms with Gasteiger partial charge in [0.05, 0.1) is 12.7 Å². The zero-order valence-electron chi connectivity index (χ0n) is 12.3. The highest BCUT2D eigenvalue weighted by molar-refractivity contribution is 5.87. The lowest BCUT2D eigenvalue weighted by Gasteiger charge is -2.38. The van der Waals surface area contributed by atoms with Crippen molar-refractivity contribution in [2.75, 3.05) is 6.61 Å². The molecule has 2 fully saturated rings. The number of aliphatic hydroxyl groups excluding tert-OH is 1. The van der Waals surface area contributed by atoms with Crippen LogP contribution in [0.3, 0.4) is 0 Å². The van der Waals surface area contributed by atoms with E-state index in [0.717, 1.165) is 19.3 Å². The van der Waals surface area contributed by atoms with Crippen molar-refractivity contribution >= 4 is 5.97 Å². The van der Waals surface area contributed by atoms with Crippen LogP contribution in [0, 0.1) is 23.7 Å². The summed E-state index contributed by atoms with van der Waals surface area (Å²) in [5.41, 5.74) is 0.694. The molecule has 2 saturated carbocycles. The van der Waals surface area contributed by atoms with Crippen molar-refractivity contribution in [3.63, 3.8) is 0 Å². The first kappa shape index (κ1) is 14.6. The molecule has 19 heavy (non-hydrogen) atoms. The van der Waals surface area contributed by atoms with Crippen LogP contribution in [0.15, 0.2) is 11.6 Å². The molecule has 0 spiro atoms. The van der Waals surface area contributed by atoms with Gasteiger partial charge in [0.15, 0.2) is 0 Å². The van der Waals surface area contributed by atoms with E-state index in [-0.39, 0.29) is 12.1 Å². The van der Waals surface area contributed by atoms with E-state index in [1.165, 1.54) is 6.42 Å². The Kier molecular flexibility index (Phi) is 4.67. The standard InChI is InChI=1S/C16H26O3/c1-4-19-16(18)11(3)9-12-6-5-10(2)13-7-8-14(17)15(12)13/h9-10,12-15,17H,4-8H2,1-3H3/b11-9+/t10-,12+,13-,14+,15-/m1/s1. The highest BCUT2D eigenvalue weighted by Gasteiger charge is 2.44. The predicted octanol–water partition coefficient (Wildman–Crippen LogP) is 2.93. The van der Waals surface area contributed by atoms with E-state index in [2.05, 4.69) is 13.0 Å². The molecule has 5 atom stereocenters. The lowest BCUT2D eigenvalue weighted by molar-refractivity contribution is -0.138. The number of fused-ring (bicyclic) bond motifs is 1. The summed E-state index contributed by atoms with van der Waals surface area (Å²) in [4.78, 5) is 11.7. The second-order valence-corrected chi connectivity index (χ2v) is 6.17. The molecule has 0 aromatic heterocycles. The van der Waals surface area contributed by atoms with Crippen LogP contribution in [-0.4, -0.2) is 23.8 Å².